The predicted molar refractivity (Wildman–Crippen MR) is 112 cm³/mol. The lowest BCUT2D eigenvalue weighted by atomic mass is 10.1. The Bertz CT molecular complexity index is 850. The number of amides is 2. The predicted octanol–water partition coefficient (Wildman–Crippen LogP) is 4.36. The van der Waals surface area contributed by atoms with Crippen molar-refractivity contribution in [1.29, 1.82) is 0 Å². The smallest absolute Gasteiger partial charge is 0.306 e. The van der Waals surface area contributed by atoms with Crippen LogP contribution in [0.4, 0.5) is 11.4 Å². The number of hydrogen-bond donors (Lipinski definition) is 2. The molecule has 2 rings (SSSR count). The zero-order chi connectivity index (χ0) is 20.5. The van der Waals surface area contributed by atoms with Gasteiger partial charge in [0, 0.05) is 28.7 Å². The Kier molecular flexibility index (Phi) is 8.19. The van der Waals surface area contributed by atoms with Gasteiger partial charge in [0.2, 0.25) is 5.91 Å². The fourth-order valence-electron chi connectivity index (χ4n) is 2.51. The summed E-state index contributed by atoms with van der Waals surface area (Å²) in [6.07, 6.45) is 0.615. The van der Waals surface area contributed by atoms with Gasteiger partial charge in [-0.3, -0.25) is 14.4 Å². The first-order valence-electron chi connectivity index (χ1n) is 8.91. The number of anilines is 2. The Morgan fingerprint density at radius 1 is 0.929 bits per heavy atom. The Morgan fingerprint density at radius 3 is 2.32 bits per heavy atom. The third-order valence-corrected chi connectivity index (χ3v) is 4.46. The van der Waals surface area contributed by atoms with Crippen LogP contribution >= 0.6 is 15.9 Å². The molecular formula is C21H23BrN2O4. The molecule has 0 saturated heterocycles. The summed E-state index contributed by atoms with van der Waals surface area (Å²) in [6.45, 7) is 3.52. The van der Waals surface area contributed by atoms with Gasteiger partial charge in [-0.1, -0.05) is 33.6 Å². The van der Waals surface area contributed by atoms with E-state index in [1.165, 1.54) is 0 Å². The first kappa shape index (κ1) is 21.6. The van der Waals surface area contributed by atoms with E-state index in [4.69, 9.17) is 4.74 Å². The maximum Gasteiger partial charge on any atom is 0.306 e. The van der Waals surface area contributed by atoms with Gasteiger partial charge in [-0.05, 0) is 56.2 Å². The molecule has 0 aliphatic rings. The van der Waals surface area contributed by atoms with Gasteiger partial charge in [-0.25, -0.2) is 0 Å². The highest BCUT2D eigenvalue weighted by atomic mass is 79.9. The van der Waals surface area contributed by atoms with E-state index in [1.54, 1.807) is 12.1 Å². The van der Waals surface area contributed by atoms with Gasteiger partial charge in [-0.2, -0.15) is 0 Å². The number of benzene rings is 2. The second-order valence-corrected chi connectivity index (χ2v) is 7.35. The highest BCUT2D eigenvalue weighted by Gasteiger charge is 2.10. The molecular weight excluding hydrogens is 424 g/mol. The zero-order valence-corrected chi connectivity index (χ0v) is 17.5. The normalized spacial score (nSPS) is 10.2. The molecule has 2 amide bonds. The molecule has 0 unspecified atom stereocenters. The van der Waals surface area contributed by atoms with E-state index < -0.39 is 11.9 Å². The van der Waals surface area contributed by atoms with E-state index in [0.717, 1.165) is 15.6 Å². The van der Waals surface area contributed by atoms with Gasteiger partial charge in [0.1, 0.15) is 0 Å². The number of ether oxygens (including phenoxy) is 1. The molecule has 0 aliphatic heterocycles. The number of carbonyl (C=O) groups excluding carboxylic acids is 3. The van der Waals surface area contributed by atoms with Crippen LogP contribution in [0.5, 0.6) is 0 Å². The Balaban J connectivity index is 1.64. The minimum atomic E-state index is -0.507. The third kappa shape index (κ3) is 7.52. The van der Waals surface area contributed by atoms with Crippen LogP contribution in [0.2, 0.25) is 0 Å². The highest BCUT2D eigenvalue weighted by Crippen LogP contribution is 2.16. The molecule has 2 aromatic carbocycles. The van der Waals surface area contributed by atoms with Crippen LogP contribution in [0.1, 0.15) is 30.4 Å². The van der Waals surface area contributed by atoms with E-state index in [0.29, 0.717) is 17.8 Å². The van der Waals surface area contributed by atoms with E-state index in [1.807, 2.05) is 44.2 Å². The van der Waals surface area contributed by atoms with Gasteiger partial charge in [-0.15, -0.1) is 0 Å². The Morgan fingerprint density at radius 2 is 1.64 bits per heavy atom. The molecule has 0 spiro atoms. The molecule has 0 aliphatic carbocycles. The van der Waals surface area contributed by atoms with Crippen molar-refractivity contribution < 1.29 is 19.1 Å². The number of carbonyl (C=O) groups is 3. The topological polar surface area (TPSA) is 84.5 Å². The number of esters is 1. The summed E-state index contributed by atoms with van der Waals surface area (Å²) in [4.78, 5) is 35.5. The molecule has 0 aromatic heterocycles. The van der Waals surface area contributed by atoms with Crippen LogP contribution in [0, 0.1) is 13.8 Å². The molecule has 2 N–H and O–H groups in total. The Labute approximate surface area is 172 Å². The average molecular weight is 447 g/mol. The summed E-state index contributed by atoms with van der Waals surface area (Å²) in [6, 6.07) is 12.9. The molecule has 0 fully saturated rings. The molecule has 7 heteroatoms. The second kappa shape index (κ2) is 10.6. The first-order chi connectivity index (χ1) is 13.3. The SMILES string of the molecule is Cc1ccc(NC(=O)COC(=O)CCCC(=O)Nc2ccc(Br)cc2)c(C)c1. The minimum absolute atomic E-state index is 0.0740. The molecule has 0 heterocycles. The molecule has 2 aromatic rings. The van der Waals surface area contributed by atoms with E-state index in [2.05, 4.69) is 26.6 Å². The molecule has 0 saturated carbocycles. The van der Waals surface area contributed by atoms with Crippen LogP contribution in [0.15, 0.2) is 46.9 Å². The molecule has 0 radical (unpaired) electrons. The van der Waals surface area contributed by atoms with Gasteiger partial charge in [0.15, 0.2) is 6.61 Å². The lowest BCUT2D eigenvalue weighted by molar-refractivity contribution is -0.147. The van der Waals surface area contributed by atoms with Crippen molar-refractivity contribution in [2.75, 3.05) is 17.2 Å². The highest BCUT2D eigenvalue weighted by molar-refractivity contribution is 9.10. The fourth-order valence-corrected chi connectivity index (χ4v) is 2.77. The summed E-state index contributed by atoms with van der Waals surface area (Å²) in [5.74, 6) is -1.08. The molecule has 0 bridgehead atoms. The van der Waals surface area contributed by atoms with Crippen molar-refractivity contribution in [3.8, 4) is 0 Å². The van der Waals surface area contributed by atoms with Gasteiger partial charge >= 0.3 is 5.97 Å². The van der Waals surface area contributed by atoms with Crippen LogP contribution in [-0.2, 0) is 19.1 Å². The van der Waals surface area contributed by atoms with Crippen molar-refractivity contribution in [1.82, 2.24) is 0 Å². The van der Waals surface area contributed by atoms with Crippen molar-refractivity contribution >= 4 is 45.1 Å². The number of nitrogens with one attached hydrogen (secondary N) is 2. The quantitative estimate of drug-likeness (QED) is 0.590. The summed E-state index contributed by atoms with van der Waals surface area (Å²) < 4.78 is 5.89. The average Bonchev–Trinajstić information content (AvgIpc) is 2.64. The first-order valence-corrected chi connectivity index (χ1v) is 9.71. The van der Waals surface area contributed by atoms with Gasteiger partial charge < -0.3 is 15.4 Å². The standard InChI is InChI=1S/C21H23BrN2O4/c1-14-6-11-18(15(2)12-14)24-20(26)13-28-21(27)5-3-4-19(25)23-17-9-7-16(22)8-10-17/h6-12H,3-5,13H2,1-2H3,(H,23,25)(H,24,26). The Hall–Kier alpha value is -2.67. The summed E-state index contributed by atoms with van der Waals surface area (Å²) in [5, 5.41) is 5.47. The molecule has 148 valence electrons. The van der Waals surface area contributed by atoms with Crippen LogP contribution < -0.4 is 10.6 Å². The summed E-state index contributed by atoms with van der Waals surface area (Å²) in [5.41, 5.74) is 3.43. The van der Waals surface area contributed by atoms with Crippen LogP contribution in [0.3, 0.4) is 0 Å². The van der Waals surface area contributed by atoms with Crippen molar-refractivity contribution in [2.45, 2.75) is 33.1 Å². The van der Waals surface area contributed by atoms with E-state index >= 15 is 0 Å². The van der Waals surface area contributed by atoms with Crippen molar-refractivity contribution in [3.63, 3.8) is 0 Å². The maximum absolute atomic E-state index is 11.9. The minimum Gasteiger partial charge on any atom is -0.456 e. The number of rotatable bonds is 8. The van der Waals surface area contributed by atoms with Crippen molar-refractivity contribution in [3.05, 3.63) is 58.1 Å². The van der Waals surface area contributed by atoms with Crippen LogP contribution in [-0.4, -0.2) is 24.4 Å². The zero-order valence-electron chi connectivity index (χ0n) is 15.9. The molecule has 6 nitrogen and oxygen atoms in total. The van der Waals surface area contributed by atoms with Crippen molar-refractivity contribution in [2.24, 2.45) is 0 Å². The lowest BCUT2D eigenvalue weighted by Crippen LogP contribution is -2.21. The third-order valence-electron chi connectivity index (χ3n) is 3.93. The second-order valence-electron chi connectivity index (χ2n) is 6.44. The van der Waals surface area contributed by atoms with E-state index in [9.17, 15) is 14.4 Å². The molecule has 28 heavy (non-hydrogen) atoms. The monoisotopic (exact) mass is 446 g/mol. The fraction of sp³-hybridized carbons (Fsp3) is 0.286. The lowest BCUT2D eigenvalue weighted by Gasteiger charge is -2.09. The number of hydrogen-bond acceptors (Lipinski definition) is 4. The van der Waals surface area contributed by atoms with E-state index in [-0.39, 0.29) is 25.4 Å². The largest absolute Gasteiger partial charge is 0.456 e. The summed E-state index contributed by atoms with van der Waals surface area (Å²) >= 11 is 3.33. The van der Waals surface area contributed by atoms with Gasteiger partial charge in [0.05, 0.1) is 0 Å². The maximum atomic E-state index is 11.9. The summed E-state index contributed by atoms with van der Waals surface area (Å²) in [7, 11) is 0. The van der Waals surface area contributed by atoms with Gasteiger partial charge in [0.25, 0.3) is 5.91 Å². The number of halogens is 1. The van der Waals surface area contributed by atoms with Crippen LogP contribution in [0.25, 0.3) is 0 Å². The molecule has 0 atom stereocenters. The number of aryl methyl sites for hydroxylation is 2.